The van der Waals surface area contributed by atoms with E-state index in [1.807, 2.05) is 19.1 Å². The third-order valence-electron chi connectivity index (χ3n) is 3.74. The molecule has 3 atom stereocenters. The van der Waals surface area contributed by atoms with Crippen molar-refractivity contribution in [1.82, 2.24) is 0 Å². The van der Waals surface area contributed by atoms with Crippen molar-refractivity contribution in [2.75, 3.05) is 0 Å². The monoisotopic (exact) mass is 210 g/mol. The van der Waals surface area contributed by atoms with Gasteiger partial charge in [0.1, 0.15) is 5.60 Å². The molecule has 82 valence electrons. The molecule has 0 aromatic rings. The van der Waals surface area contributed by atoms with Gasteiger partial charge in [0, 0.05) is 11.8 Å². The van der Waals surface area contributed by atoms with Gasteiger partial charge in [-0.3, -0.25) is 4.79 Å². The van der Waals surface area contributed by atoms with Crippen LogP contribution in [0.4, 0.5) is 0 Å². The molecule has 2 bridgehead atoms. The van der Waals surface area contributed by atoms with Crippen LogP contribution in [-0.2, 0) is 19.3 Å². The molecule has 3 aliphatic heterocycles. The molecule has 0 N–H and O–H groups in total. The van der Waals surface area contributed by atoms with Gasteiger partial charge in [-0.15, -0.1) is 0 Å². The molecule has 0 radical (unpaired) electrons. The molecule has 0 aromatic carbocycles. The summed E-state index contributed by atoms with van der Waals surface area (Å²) in [5, 5.41) is 0. The van der Waals surface area contributed by atoms with Crippen molar-refractivity contribution < 1.29 is 19.3 Å². The van der Waals surface area contributed by atoms with E-state index in [2.05, 4.69) is 6.92 Å². The fraction of sp³-hybridized carbons (Fsp3) is 0.727. The third kappa shape index (κ3) is 1.06. The Morgan fingerprint density at radius 3 is 2.73 bits per heavy atom. The highest BCUT2D eigenvalue weighted by atomic mass is 17.2. The van der Waals surface area contributed by atoms with Crippen LogP contribution in [0.15, 0.2) is 12.2 Å². The van der Waals surface area contributed by atoms with Gasteiger partial charge in [-0.1, -0.05) is 6.92 Å². The Kier molecular flexibility index (Phi) is 1.52. The van der Waals surface area contributed by atoms with Crippen LogP contribution in [-0.4, -0.2) is 17.4 Å². The van der Waals surface area contributed by atoms with E-state index in [9.17, 15) is 4.79 Å². The van der Waals surface area contributed by atoms with Crippen molar-refractivity contribution in [1.29, 1.82) is 0 Å². The molecule has 1 aliphatic carbocycles. The van der Waals surface area contributed by atoms with Crippen LogP contribution in [0.3, 0.4) is 0 Å². The van der Waals surface area contributed by atoms with Crippen molar-refractivity contribution in [3.63, 3.8) is 0 Å². The van der Waals surface area contributed by atoms with Crippen LogP contribution in [0.1, 0.15) is 33.1 Å². The maximum Gasteiger partial charge on any atom is 0.308 e. The van der Waals surface area contributed by atoms with Crippen LogP contribution in [0.2, 0.25) is 0 Å². The van der Waals surface area contributed by atoms with Gasteiger partial charge in [0.05, 0.1) is 0 Å². The van der Waals surface area contributed by atoms with Crippen LogP contribution in [0.25, 0.3) is 0 Å². The summed E-state index contributed by atoms with van der Waals surface area (Å²) in [5.41, 5.74) is -0.539. The molecule has 3 unspecified atom stereocenters. The van der Waals surface area contributed by atoms with E-state index in [0.29, 0.717) is 6.42 Å². The second-order valence-corrected chi connectivity index (χ2v) is 5.19. The van der Waals surface area contributed by atoms with Gasteiger partial charge in [-0.2, -0.15) is 4.89 Å². The van der Waals surface area contributed by atoms with Crippen molar-refractivity contribution in [3.05, 3.63) is 12.2 Å². The number of carbonyl (C=O) groups excluding carboxylic acids is 1. The molecule has 4 nitrogen and oxygen atoms in total. The highest BCUT2D eigenvalue weighted by molar-refractivity contribution is 5.71. The van der Waals surface area contributed by atoms with Gasteiger partial charge < -0.3 is 4.74 Å². The van der Waals surface area contributed by atoms with Gasteiger partial charge >= 0.3 is 5.97 Å². The average molecular weight is 210 g/mol. The van der Waals surface area contributed by atoms with Gasteiger partial charge in [0.15, 0.2) is 0 Å². The second kappa shape index (κ2) is 2.44. The zero-order valence-corrected chi connectivity index (χ0v) is 8.91. The smallest absolute Gasteiger partial charge is 0.308 e. The van der Waals surface area contributed by atoms with E-state index in [1.165, 1.54) is 0 Å². The van der Waals surface area contributed by atoms with Crippen molar-refractivity contribution in [2.24, 2.45) is 5.41 Å². The van der Waals surface area contributed by atoms with E-state index in [1.54, 1.807) is 0 Å². The molecule has 4 aliphatic rings. The lowest BCUT2D eigenvalue weighted by molar-refractivity contribution is -0.502. The number of hydrogen-bond acceptors (Lipinski definition) is 4. The topological polar surface area (TPSA) is 44.8 Å². The first-order valence-electron chi connectivity index (χ1n) is 5.26. The summed E-state index contributed by atoms with van der Waals surface area (Å²) in [6.45, 7) is 4.07. The molecule has 0 saturated carbocycles. The third-order valence-corrected chi connectivity index (χ3v) is 3.74. The summed E-state index contributed by atoms with van der Waals surface area (Å²) in [6, 6.07) is 0. The van der Waals surface area contributed by atoms with Gasteiger partial charge in [-0.25, -0.2) is 4.89 Å². The first-order valence-corrected chi connectivity index (χ1v) is 5.26. The minimum atomic E-state index is -0.986. The Hall–Kier alpha value is -0.870. The molecule has 3 heterocycles. The van der Waals surface area contributed by atoms with E-state index in [0.717, 1.165) is 12.8 Å². The molecule has 1 spiro atoms. The van der Waals surface area contributed by atoms with E-state index >= 15 is 0 Å². The number of fused-ring (bicyclic) bond motifs is 1. The normalized spacial score (nSPS) is 52.5. The Morgan fingerprint density at radius 2 is 2.07 bits per heavy atom. The quantitative estimate of drug-likeness (QED) is 0.347. The predicted molar refractivity (Wildman–Crippen MR) is 50.5 cm³/mol. The summed E-state index contributed by atoms with van der Waals surface area (Å²) in [4.78, 5) is 21.9. The summed E-state index contributed by atoms with van der Waals surface area (Å²) in [5.74, 6) is -1.20. The second-order valence-electron chi connectivity index (χ2n) is 5.19. The largest absolute Gasteiger partial charge is 0.426 e. The molecule has 4 rings (SSSR count). The number of carbonyl (C=O) groups is 1. The molecule has 15 heavy (non-hydrogen) atoms. The summed E-state index contributed by atoms with van der Waals surface area (Å²) >= 11 is 0. The first-order chi connectivity index (χ1) is 6.97. The number of rotatable bonds is 0. The summed E-state index contributed by atoms with van der Waals surface area (Å²) < 4.78 is 5.34. The number of hydrogen-bond donors (Lipinski definition) is 0. The Bertz CT molecular complexity index is 364. The van der Waals surface area contributed by atoms with Crippen LogP contribution >= 0.6 is 0 Å². The van der Waals surface area contributed by atoms with Crippen LogP contribution < -0.4 is 0 Å². The van der Waals surface area contributed by atoms with Crippen LogP contribution in [0, 0.1) is 5.41 Å². The highest BCUT2D eigenvalue weighted by Gasteiger charge is 2.64. The first kappa shape index (κ1) is 9.36. The highest BCUT2D eigenvalue weighted by Crippen LogP contribution is 2.57. The number of esters is 1. The van der Waals surface area contributed by atoms with Crippen molar-refractivity contribution in [3.8, 4) is 0 Å². The van der Waals surface area contributed by atoms with E-state index in [4.69, 9.17) is 14.5 Å². The lowest BCUT2D eigenvalue weighted by Gasteiger charge is -2.57. The van der Waals surface area contributed by atoms with Crippen molar-refractivity contribution in [2.45, 2.75) is 44.5 Å². The average Bonchev–Trinajstić information content (AvgIpc) is 2.17. The Morgan fingerprint density at radius 1 is 1.27 bits per heavy atom. The fourth-order valence-corrected chi connectivity index (χ4v) is 2.82. The standard InChI is InChI=1S/C11H14O4/c1-9-4-3-8(12)13-11(9)6-5-10(2,7-9)14-15-11/h5-6H,3-4,7H2,1-2H3. The van der Waals surface area contributed by atoms with Crippen LogP contribution in [0.5, 0.6) is 0 Å². The molecule has 4 heteroatoms. The predicted octanol–water partition coefficient (Wildman–Crippen LogP) is 1.71. The molecular weight excluding hydrogens is 196 g/mol. The molecule has 2 fully saturated rings. The molecular formula is C11H14O4. The van der Waals surface area contributed by atoms with Gasteiger partial charge in [0.2, 0.25) is 0 Å². The Balaban J connectivity index is 2.08. The lowest BCUT2D eigenvalue weighted by Crippen LogP contribution is -2.63. The fourth-order valence-electron chi connectivity index (χ4n) is 2.82. The van der Waals surface area contributed by atoms with Crippen molar-refractivity contribution >= 4 is 5.97 Å². The summed E-state index contributed by atoms with van der Waals surface area (Å²) in [7, 11) is 0. The minimum Gasteiger partial charge on any atom is -0.426 e. The van der Waals surface area contributed by atoms with E-state index in [-0.39, 0.29) is 17.0 Å². The lowest BCUT2D eigenvalue weighted by atomic mass is 9.64. The SMILES string of the molecule is CC12C=CC3(OO1)OC(=O)CCC3(C)C2. The van der Waals surface area contributed by atoms with Gasteiger partial charge in [0.25, 0.3) is 5.79 Å². The molecule has 2 saturated heterocycles. The minimum absolute atomic E-state index is 0.164. The summed E-state index contributed by atoms with van der Waals surface area (Å²) in [6.07, 6.45) is 5.83. The maximum atomic E-state index is 11.3. The maximum absolute atomic E-state index is 11.3. The molecule has 0 amide bonds. The van der Waals surface area contributed by atoms with Gasteiger partial charge in [-0.05, 0) is 31.9 Å². The molecule has 0 aromatic heterocycles. The number of ether oxygens (including phenoxy) is 1. The Labute approximate surface area is 88.1 Å². The zero-order chi connectivity index (χ0) is 10.7. The van der Waals surface area contributed by atoms with E-state index < -0.39 is 5.79 Å². The zero-order valence-electron chi connectivity index (χ0n) is 8.91.